The lowest BCUT2D eigenvalue weighted by Crippen LogP contribution is -2.49. The molecule has 1 aliphatic heterocycles. The van der Waals surface area contributed by atoms with E-state index in [2.05, 4.69) is 41.1 Å². The second-order valence-electron chi connectivity index (χ2n) is 5.28. The fourth-order valence-corrected chi connectivity index (χ4v) is 2.70. The van der Waals surface area contributed by atoms with Crippen molar-refractivity contribution in [1.29, 1.82) is 0 Å². The molecule has 6 nitrogen and oxygen atoms in total. The van der Waals surface area contributed by atoms with Gasteiger partial charge in [0.25, 0.3) is 0 Å². The van der Waals surface area contributed by atoms with Crippen LogP contribution in [-0.2, 0) is 11.2 Å². The third-order valence-electron chi connectivity index (χ3n) is 3.77. The zero-order valence-electron chi connectivity index (χ0n) is 12.6. The molecule has 0 aliphatic carbocycles. The van der Waals surface area contributed by atoms with E-state index in [1.807, 2.05) is 0 Å². The van der Waals surface area contributed by atoms with Crippen molar-refractivity contribution in [1.82, 2.24) is 9.97 Å². The van der Waals surface area contributed by atoms with Gasteiger partial charge in [0, 0.05) is 12.1 Å². The zero-order chi connectivity index (χ0) is 14.5. The average Bonchev–Trinajstić information content (AvgIpc) is 2.47. The molecule has 0 bridgehead atoms. The quantitative estimate of drug-likeness (QED) is 0.631. The van der Waals surface area contributed by atoms with Gasteiger partial charge in [-0.15, -0.1) is 0 Å². The first kappa shape index (κ1) is 15.0. The summed E-state index contributed by atoms with van der Waals surface area (Å²) in [4.78, 5) is 11.1. The maximum absolute atomic E-state index is 5.76. The lowest BCUT2D eigenvalue weighted by molar-refractivity contribution is 0.0295. The van der Waals surface area contributed by atoms with Crippen LogP contribution in [0, 0.1) is 0 Å². The molecule has 1 fully saturated rings. The van der Waals surface area contributed by atoms with Crippen molar-refractivity contribution in [3.05, 3.63) is 11.9 Å². The van der Waals surface area contributed by atoms with Crippen LogP contribution in [0.15, 0.2) is 6.33 Å². The first-order valence-corrected chi connectivity index (χ1v) is 7.39. The van der Waals surface area contributed by atoms with Gasteiger partial charge in [-0.05, 0) is 19.8 Å². The van der Waals surface area contributed by atoms with Gasteiger partial charge in [0.05, 0.1) is 18.8 Å². The monoisotopic (exact) mass is 279 g/mol. The first-order chi connectivity index (χ1) is 9.71. The second-order valence-corrected chi connectivity index (χ2v) is 5.28. The lowest BCUT2D eigenvalue weighted by Gasteiger charge is -2.40. The van der Waals surface area contributed by atoms with E-state index >= 15 is 0 Å². The molecule has 0 saturated carbocycles. The summed E-state index contributed by atoms with van der Waals surface area (Å²) in [5.41, 5.74) is 3.80. The Labute approximate surface area is 120 Å². The molecule has 1 aromatic rings. The molecule has 2 unspecified atom stereocenters. The van der Waals surface area contributed by atoms with E-state index in [0.717, 1.165) is 49.6 Å². The van der Waals surface area contributed by atoms with Crippen molar-refractivity contribution >= 4 is 11.6 Å². The van der Waals surface area contributed by atoms with Gasteiger partial charge >= 0.3 is 0 Å². The summed E-state index contributed by atoms with van der Waals surface area (Å²) < 4.78 is 5.76. The van der Waals surface area contributed by atoms with Crippen molar-refractivity contribution in [2.24, 2.45) is 5.84 Å². The summed E-state index contributed by atoms with van der Waals surface area (Å²) in [5, 5.41) is 0. The fourth-order valence-electron chi connectivity index (χ4n) is 2.70. The number of hydrogen-bond donors (Lipinski definition) is 2. The zero-order valence-corrected chi connectivity index (χ0v) is 12.6. The smallest absolute Gasteiger partial charge is 0.148 e. The van der Waals surface area contributed by atoms with Crippen molar-refractivity contribution in [2.75, 3.05) is 23.5 Å². The van der Waals surface area contributed by atoms with Crippen LogP contribution in [0.5, 0.6) is 0 Å². The molecular weight excluding hydrogens is 254 g/mol. The maximum Gasteiger partial charge on any atom is 0.148 e. The number of anilines is 2. The Bertz CT molecular complexity index is 440. The van der Waals surface area contributed by atoms with Gasteiger partial charge in [0.15, 0.2) is 0 Å². The van der Waals surface area contributed by atoms with Gasteiger partial charge in [-0.25, -0.2) is 15.8 Å². The van der Waals surface area contributed by atoms with Crippen LogP contribution in [0.1, 0.15) is 39.2 Å². The number of nitrogen functional groups attached to an aromatic ring is 1. The Morgan fingerprint density at radius 3 is 2.90 bits per heavy atom. The number of nitrogens with two attached hydrogens (primary N) is 1. The van der Waals surface area contributed by atoms with Crippen molar-refractivity contribution < 1.29 is 4.74 Å². The SMILES string of the molecule is CCCc1c(NN)ncnc1N1CC(C)OCC1CC. The Balaban J connectivity index is 2.38. The third kappa shape index (κ3) is 3.02. The topological polar surface area (TPSA) is 76.3 Å². The minimum atomic E-state index is 0.219. The largest absolute Gasteiger partial charge is 0.375 e. The highest BCUT2D eigenvalue weighted by molar-refractivity contribution is 5.59. The van der Waals surface area contributed by atoms with E-state index in [-0.39, 0.29) is 6.10 Å². The number of ether oxygens (including phenoxy) is 1. The summed E-state index contributed by atoms with van der Waals surface area (Å²) >= 11 is 0. The number of rotatable bonds is 5. The first-order valence-electron chi connectivity index (χ1n) is 7.39. The molecule has 2 atom stereocenters. The number of nitrogens with one attached hydrogen (secondary N) is 1. The molecule has 0 spiro atoms. The van der Waals surface area contributed by atoms with Crippen molar-refractivity contribution in [3.8, 4) is 0 Å². The number of morpholine rings is 1. The molecule has 1 saturated heterocycles. The van der Waals surface area contributed by atoms with E-state index < -0.39 is 0 Å². The van der Waals surface area contributed by atoms with Crippen LogP contribution in [0.3, 0.4) is 0 Å². The molecular formula is C14H25N5O. The van der Waals surface area contributed by atoms with E-state index in [9.17, 15) is 0 Å². The summed E-state index contributed by atoms with van der Waals surface area (Å²) in [6, 6.07) is 0.363. The molecule has 0 amide bonds. The summed E-state index contributed by atoms with van der Waals surface area (Å²) in [6.07, 6.45) is 4.78. The normalized spacial score (nSPS) is 22.9. The minimum absolute atomic E-state index is 0.219. The van der Waals surface area contributed by atoms with Crippen LogP contribution in [-0.4, -0.2) is 35.3 Å². The number of nitrogens with zero attached hydrogens (tertiary/aromatic N) is 3. The lowest BCUT2D eigenvalue weighted by atomic mass is 10.1. The molecule has 1 aliphatic rings. The van der Waals surface area contributed by atoms with Gasteiger partial charge in [-0.1, -0.05) is 20.3 Å². The Kier molecular flexibility index (Phi) is 5.14. The molecule has 6 heteroatoms. The predicted molar refractivity (Wildman–Crippen MR) is 80.7 cm³/mol. The van der Waals surface area contributed by atoms with E-state index in [4.69, 9.17) is 10.6 Å². The van der Waals surface area contributed by atoms with Gasteiger partial charge in [0.2, 0.25) is 0 Å². The van der Waals surface area contributed by atoms with E-state index in [1.54, 1.807) is 6.33 Å². The fraction of sp³-hybridized carbons (Fsp3) is 0.714. The highest BCUT2D eigenvalue weighted by atomic mass is 16.5. The van der Waals surface area contributed by atoms with Crippen LogP contribution < -0.4 is 16.2 Å². The predicted octanol–water partition coefficient (Wildman–Crippen LogP) is 1.72. The molecule has 20 heavy (non-hydrogen) atoms. The third-order valence-corrected chi connectivity index (χ3v) is 3.77. The van der Waals surface area contributed by atoms with Crippen LogP contribution >= 0.6 is 0 Å². The maximum atomic E-state index is 5.76. The van der Waals surface area contributed by atoms with Gasteiger partial charge < -0.3 is 15.1 Å². The molecule has 0 radical (unpaired) electrons. The number of hydrazine groups is 1. The average molecular weight is 279 g/mol. The molecule has 2 heterocycles. The van der Waals surface area contributed by atoms with Gasteiger partial charge in [-0.3, -0.25) is 0 Å². The second kappa shape index (κ2) is 6.85. The Hall–Kier alpha value is -1.40. The van der Waals surface area contributed by atoms with Crippen LogP contribution in [0.25, 0.3) is 0 Å². The van der Waals surface area contributed by atoms with Crippen LogP contribution in [0.4, 0.5) is 11.6 Å². The van der Waals surface area contributed by atoms with Gasteiger partial charge in [0.1, 0.15) is 18.0 Å². The summed E-state index contributed by atoms with van der Waals surface area (Å²) in [6.45, 7) is 8.03. The Morgan fingerprint density at radius 2 is 2.25 bits per heavy atom. The van der Waals surface area contributed by atoms with E-state index in [1.165, 1.54) is 0 Å². The molecule has 2 rings (SSSR count). The summed E-state index contributed by atoms with van der Waals surface area (Å²) in [7, 11) is 0. The van der Waals surface area contributed by atoms with Gasteiger partial charge in [-0.2, -0.15) is 0 Å². The number of hydrogen-bond acceptors (Lipinski definition) is 6. The molecule has 1 aromatic heterocycles. The number of aromatic nitrogens is 2. The summed E-state index contributed by atoms with van der Waals surface area (Å²) in [5.74, 6) is 7.31. The van der Waals surface area contributed by atoms with Crippen molar-refractivity contribution in [3.63, 3.8) is 0 Å². The van der Waals surface area contributed by atoms with Crippen molar-refractivity contribution in [2.45, 2.75) is 52.2 Å². The minimum Gasteiger partial charge on any atom is -0.375 e. The van der Waals surface area contributed by atoms with E-state index in [0.29, 0.717) is 6.04 Å². The highest BCUT2D eigenvalue weighted by Crippen LogP contribution is 2.29. The highest BCUT2D eigenvalue weighted by Gasteiger charge is 2.29. The standard InChI is InChI=1S/C14H25N5O/c1-4-6-12-13(18-15)16-9-17-14(12)19-7-10(3)20-8-11(19)5-2/h9-11H,4-8,15H2,1-3H3,(H,16,17,18). The molecule has 3 N–H and O–H groups in total. The molecule has 112 valence electrons. The molecule has 0 aromatic carbocycles. The van der Waals surface area contributed by atoms with Crippen LogP contribution in [0.2, 0.25) is 0 Å². The Morgan fingerprint density at radius 1 is 1.45 bits per heavy atom.